The molecule has 2 heteroatoms. The number of hydrogen-bond donors (Lipinski definition) is 0. The van der Waals surface area contributed by atoms with E-state index in [0.29, 0.717) is 0 Å². The summed E-state index contributed by atoms with van der Waals surface area (Å²) in [7, 11) is 0. The van der Waals surface area contributed by atoms with Gasteiger partial charge in [0.25, 0.3) is 0 Å². The molecule has 63 heavy (non-hydrogen) atoms. The summed E-state index contributed by atoms with van der Waals surface area (Å²) in [4.78, 5) is 4.79. The Hall–Kier alpha value is -7.94. The highest BCUT2D eigenvalue weighted by atomic mass is 15.1. The third-order valence-electron chi connectivity index (χ3n) is 12.8. The van der Waals surface area contributed by atoms with Crippen LogP contribution in [0.1, 0.15) is 25.0 Å². The zero-order chi connectivity index (χ0) is 42.3. The average Bonchev–Trinajstić information content (AvgIpc) is 3.57. The molecule has 10 aromatic rings. The molecule has 1 aliphatic rings. The normalized spacial score (nSPS) is 12.4. The minimum absolute atomic E-state index is 0.249. The van der Waals surface area contributed by atoms with Crippen LogP contribution in [0.3, 0.4) is 0 Å². The summed E-state index contributed by atoms with van der Waals surface area (Å²) in [5, 5.41) is 2.45. The lowest BCUT2D eigenvalue weighted by atomic mass is 9.82. The van der Waals surface area contributed by atoms with E-state index in [-0.39, 0.29) is 5.41 Å². The van der Waals surface area contributed by atoms with Crippen LogP contribution in [0.25, 0.3) is 55.3 Å². The van der Waals surface area contributed by atoms with E-state index in [4.69, 9.17) is 0 Å². The van der Waals surface area contributed by atoms with Crippen molar-refractivity contribution in [3.8, 4) is 44.5 Å². The van der Waals surface area contributed by atoms with Crippen LogP contribution in [-0.2, 0) is 5.41 Å². The van der Waals surface area contributed by atoms with Crippen molar-refractivity contribution < 1.29 is 0 Å². The van der Waals surface area contributed by atoms with E-state index >= 15 is 0 Å². The molecule has 11 rings (SSSR count). The molecule has 0 saturated heterocycles. The fourth-order valence-corrected chi connectivity index (χ4v) is 9.50. The summed E-state index contributed by atoms with van der Waals surface area (Å²) >= 11 is 0. The molecular formula is C61H46N2. The number of anilines is 6. The van der Waals surface area contributed by atoms with Gasteiger partial charge in [-0.25, -0.2) is 0 Å². The number of benzene rings is 10. The number of rotatable bonds is 9. The van der Waals surface area contributed by atoms with E-state index in [1.54, 1.807) is 0 Å². The van der Waals surface area contributed by atoms with E-state index in [1.807, 2.05) is 0 Å². The molecule has 10 aromatic carbocycles. The minimum Gasteiger partial charge on any atom is -0.310 e. The smallest absolute Gasteiger partial charge is 0.0468 e. The van der Waals surface area contributed by atoms with E-state index in [9.17, 15) is 0 Å². The Morgan fingerprint density at radius 1 is 0.254 bits per heavy atom. The molecule has 0 unspecified atom stereocenters. The maximum atomic E-state index is 2.43. The van der Waals surface area contributed by atoms with Gasteiger partial charge in [-0.1, -0.05) is 184 Å². The number of fused-ring (bicyclic) bond motifs is 4. The zero-order valence-electron chi connectivity index (χ0n) is 35.5. The van der Waals surface area contributed by atoms with Crippen molar-refractivity contribution in [2.24, 2.45) is 0 Å². The lowest BCUT2D eigenvalue weighted by Crippen LogP contribution is -2.17. The van der Waals surface area contributed by atoms with Gasteiger partial charge in [-0.05, 0) is 139 Å². The molecule has 0 aliphatic heterocycles. The van der Waals surface area contributed by atoms with Crippen molar-refractivity contribution in [1.82, 2.24) is 0 Å². The Morgan fingerprint density at radius 2 is 0.571 bits per heavy atom. The topological polar surface area (TPSA) is 6.48 Å². The van der Waals surface area contributed by atoms with Gasteiger partial charge in [0.05, 0.1) is 0 Å². The maximum absolute atomic E-state index is 2.43. The lowest BCUT2D eigenvalue weighted by molar-refractivity contribution is 0.660. The molecule has 0 saturated carbocycles. The highest BCUT2D eigenvalue weighted by molar-refractivity contribution is 5.92. The van der Waals surface area contributed by atoms with E-state index in [2.05, 4.69) is 266 Å². The van der Waals surface area contributed by atoms with Crippen LogP contribution in [0, 0.1) is 0 Å². The Bertz CT molecular complexity index is 3210. The highest BCUT2D eigenvalue weighted by Gasteiger charge is 2.37. The second-order valence-electron chi connectivity index (χ2n) is 17.0. The first kappa shape index (κ1) is 38.0. The van der Waals surface area contributed by atoms with Gasteiger partial charge in [0.15, 0.2) is 0 Å². The third-order valence-corrected chi connectivity index (χ3v) is 12.8. The fraction of sp³-hybridized carbons (Fsp3) is 0.0492. The van der Waals surface area contributed by atoms with Crippen LogP contribution >= 0.6 is 0 Å². The molecule has 0 N–H and O–H groups in total. The van der Waals surface area contributed by atoms with Crippen LogP contribution in [0.15, 0.2) is 243 Å². The maximum Gasteiger partial charge on any atom is 0.0468 e. The first-order chi connectivity index (χ1) is 31.0. The molecule has 0 spiro atoms. The average molecular weight is 807 g/mol. The molecule has 0 fully saturated rings. The molecule has 0 atom stereocenters. The first-order valence-electron chi connectivity index (χ1n) is 21.8. The van der Waals surface area contributed by atoms with Crippen LogP contribution in [0.2, 0.25) is 0 Å². The summed E-state index contributed by atoms with van der Waals surface area (Å²) in [6.45, 7) is 4.76. The Labute approximate surface area is 370 Å². The molecule has 2 nitrogen and oxygen atoms in total. The third kappa shape index (κ3) is 7.06. The molecule has 300 valence electrons. The van der Waals surface area contributed by atoms with Crippen molar-refractivity contribution >= 4 is 44.9 Å². The van der Waals surface area contributed by atoms with Crippen LogP contribution in [0.4, 0.5) is 34.1 Å². The molecule has 0 radical (unpaired) electrons. The summed E-state index contributed by atoms with van der Waals surface area (Å²) in [6.07, 6.45) is 0. The van der Waals surface area contributed by atoms with E-state index < -0.39 is 0 Å². The van der Waals surface area contributed by atoms with Crippen molar-refractivity contribution in [3.63, 3.8) is 0 Å². The molecular weight excluding hydrogens is 761 g/mol. The van der Waals surface area contributed by atoms with Crippen molar-refractivity contribution in [3.05, 3.63) is 254 Å². The molecule has 0 heterocycles. The molecule has 0 amide bonds. The summed E-state index contributed by atoms with van der Waals surface area (Å²) < 4.78 is 0. The van der Waals surface area contributed by atoms with Gasteiger partial charge >= 0.3 is 0 Å². The first-order valence-corrected chi connectivity index (χ1v) is 21.8. The Balaban J connectivity index is 0.962. The summed E-state index contributed by atoms with van der Waals surface area (Å²) in [5.41, 5.74) is 19.0. The van der Waals surface area contributed by atoms with Gasteiger partial charge in [0.2, 0.25) is 0 Å². The van der Waals surface area contributed by atoms with Gasteiger partial charge in [-0.2, -0.15) is 0 Å². The van der Waals surface area contributed by atoms with Crippen molar-refractivity contribution in [2.75, 3.05) is 9.80 Å². The second-order valence-corrected chi connectivity index (χ2v) is 17.0. The molecule has 0 bridgehead atoms. The van der Waals surface area contributed by atoms with Crippen molar-refractivity contribution in [1.29, 1.82) is 0 Å². The molecule has 1 aliphatic carbocycles. The second kappa shape index (κ2) is 15.8. The number of hydrogen-bond acceptors (Lipinski definition) is 2. The predicted octanol–water partition coefficient (Wildman–Crippen LogP) is 17.1. The Kier molecular flexibility index (Phi) is 9.55. The van der Waals surface area contributed by atoms with Gasteiger partial charge in [-0.15, -0.1) is 0 Å². The largest absolute Gasteiger partial charge is 0.310 e. The van der Waals surface area contributed by atoms with E-state index in [1.165, 1.54) is 66.4 Å². The fourth-order valence-electron chi connectivity index (χ4n) is 9.50. The quantitative estimate of drug-likeness (QED) is 0.143. The lowest BCUT2D eigenvalue weighted by Gasteiger charge is -2.29. The number of para-hydroxylation sites is 1. The summed E-state index contributed by atoms with van der Waals surface area (Å²) in [5.74, 6) is 0. The van der Waals surface area contributed by atoms with Gasteiger partial charge in [-0.3, -0.25) is 0 Å². The monoisotopic (exact) mass is 806 g/mol. The van der Waals surface area contributed by atoms with E-state index in [0.717, 1.165) is 34.1 Å². The minimum atomic E-state index is -0.249. The standard InChI is InChI=1S/C61H46N2/c1-61(2)59-41-55(62(51-20-10-5-11-21-51)52-31-26-48(27-32-52)44-16-8-4-9-17-44)36-38-57(59)58-39-37-56(42-60(58)61)63(54-35-30-45-18-12-13-19-50(45)40-54)53-33-28-49(29-34-53)47-24-22-46(23-25-47)43-14-6-3-7-15-43/h3-42H,1-2H3. The van der Waals surface area contributed by atoms with Crippen LogP contribution in [-0.4, -0.2) is 0 Å². The number of nitrogens with zero attached hydrogens (tertiary/aromatic N) is 2. The zero-order valence-corrected chi connectivity index (χ0v) is 35.5. The van der Waals surface area contributed by atoms with Crippen LogP contribution in [0.5, 0.6) is 0 Å². The van der Waals surface area contributed by atoms with Gasteiger partial charge in [0.1, 0.15) is 0 Å². The van der Waals surface area contributed by atoms with Gasteiger partial charge in [0, 0.05) is 39.5 Å². The van der Waals surface area contributed by atoms with Gasteiger partial charge < -0.3 is 9.80 Å². The highest BCUT2D eigenvalue weighted by Crippen LogP contribution is 2.52. The molecule has 0 aromatic heterocycles. The SMILES string of the molecule is CC1(C)c2cc(N(c3ccccc3)c3ccc(-c4ccccc4)cc3)ccc2-c2ccc(N(c3ccc(-c4ccc(-c5ccccc5)cc4)cc3)c3ccc4ccccc4c3)cc21. The Morgan fingerprint density at radius 3 is 1.05 bits per heavy atom. The summed E-state index contributed by atoms with van der Waals surface area (Å²) in [6, 6.07) is 88.3. The van der Waals surface area contributed by atoms with Crippen molar-refractivity contribution in [2.45, 2.75) is 19.3 Å². The predicted molar refractivity (Wildman–Crippen MR) is 267 cm³/mol. The van der Waals surface area contributed by atoms with Crippen LogP contribution < -0.4 is 9.80 Å².